The first-order valence-electron chi connectivity index (χ1n) is 10.7. The van der Waals surface area contributed by atoms with Gasteiger partial charge in [0.1, 0.15) is 23.1 Å². The lowest BCUT2D eigenvalue weighted by Gasteiger charge is -2.26. The highest BCUT2D eigenvalue weighted by molar-refractivity contribution is 5.65. The van der Waals surface area contributed by atoms with Gasteiger partial charge in [0.15, 0.2) is 5.65 Å². The number of anilines is 1. The summed E-state index contributed by atoms with van der Waals surface area (Å²) in [7, 11) is 0. The Morgan fingerprint density at radius 1 is 0.939 bits per heavy atom. The molecule has 0 N–H and O–H groups in total. The number of aromatic nitrogens is 6. The van der Waals surface area contributed by atoms with Gasteiger partial charge < -0.3 is 4.90 Å². The molecule has 5 aromatic rings. The number of halogens is 2. The summed E-state index contributed by atoms with van der Waals surface area (Å²) in [6.45, 7) is 0.710. The summed E-state index contributed by atoms with van der Waals surface area (Å²) in [5.74, 6) is -0.153. The number of rotatable bonds is 4. The van der Waals surface area contributed by atoms with E-state index in [-0.39, 0.29) is 6.04 Å². The molecule has 1 aliphatic heterocycles. The van der Waals surface area contributed by atoms with Gasteiger partial charge >= 0.3 is 0 Å². The standard InChI is InChI=1S/C24H19F2N7/c25-18-3-4-20(26)19(12-18)21-2-1-10-31(21)23-7-11-32-24(30-23)22(14-29-32)33-15-17(13-28-33)16-5-8-27-9-6-16/h3-9,11-15,21H,1-2,10H2/t21-/m1/s1. The van der Waals surface area contributed by atoms with E-state index in [1.807, 2.05) is 35.5 Å². The third-order valence-corrected chi connectivity index (χ3v) is 6.04. The van der Waals surface area contributed by atoms with Crippen LogP contribution >= 0.6 is 0 Å². The predicted octanol–water partition coefficient (Wildman–Crippen LogP) is 4.60. The average molecular weight is 443 g/mol. The van der Waals surface area contributed by atoms with Gasteiger partial charge in [0.2, 0.25) is 0 Å². The smallest absolute Gasteiger partial charge is 0.183 e. The molecule has 9 heteroatoms. The number of nitrogens with zero attached hydrogens (tertiary/aromatic N) is 7. The minimum atomic E-state index is -0.441. The SMILES string of the molecule is Fc1ccc(F)c([C@H]2CCCN2c2ccn3ncc(-n4cc(-c5ccncc5)cn4)c3n2)c1. The van der Waals surface area contributed by atoms with Crippen LogP contribution in [-0.2, 0) is 0 Å². The molecule has 0 unspecified atom stereocenters. The first-order chi connectivity index (χ1) is 16.2. The molecule has 7 nitrogen and oxygen atoms in total. The molecule has 0 bridgehead atoms. The fourth-order valence-electron chi connectivity index (χ4n) is 4.45. The van der Waals surface area contributed by atoms with Gasteiger partial charge in [0, 0.05) is 42.5 Å². The van der Waals surface area contributed by atoms with Gasteiger partial charge in [0.05, 0.1) is 18.4 Å². The van der Waals surface area contributed by atoms with Gasteiger partial charge in [-0.2, -0.15) is 10.2 Å². The summed E-state index contributed by atoms with van der Waals surface area (Å²) < 4.78 is 31.8. The van der Waals surface area contributed by atoms with Crippen LogP contribution in [0.3, 0.4) is 0 Å². The van der Waals surface area contributed by atoms with E-state index in [0.717, 1.165) is 35.7 Å². The average Bonchev–Trinajstić information content (AvgIpc) is 3.60. The van der Waals surface area contributed by atoms with Crippen LogP contribution in [0.2, 0.25) is 0 Å². The van der Waals surface area contributed by atoms with Gasteiger partial charge in [-0.05, 0) is 54.8 Å². The third-order valence-electron chi connectivity index (χ3n) is 6.04. The van der Waals surface area contributed by atoms with Crippen molar-refractivity contribution < 1.29 is 8.78 Å². The lowest BCUT2D eigenvalue weighted by molar-refractivity contribution is 0.560. The number of pyridine rings is 1. The van der Waals surface area contributed by atoms with Crippen LogP contribution in [0.5, 0.6) is 0 Å². The highest BCUT2D eigenvalue weighted by Crippen LogP contribution is 2.37. The van der Waals surface area contributed by atoms with Crippen molar-refractivity contribution in [3.8, 4) is 16.8 Å². The molecule has 1 fully saturated rings. The summed E-state index contributed by atoms with van der Waals surface area (Å²) in [4.78, 5) is 10.9. The quantitative estimate of drug-likeness (QED) is 0.406. The molecular formula is C24H19F2N7. The maximum atomic E-state index is 14.5. The maximum Gasteiger partial charge on any atom is 0.183 e. The number of hydrogen-bond donors (Lipinski definition) is 0. The molecule has 1 aromatic carbocycles. The Morgan fingerprint density at radius 2 is 1.82 bits per heavy atom. The van der Waals surface area contributed by atoms with Gasteiger partial charge in [-0.3, -0.25) is 4.98 Å². The number of benzene rings is 1. The van der Waals surface area contributed by atoms with Crippen molar-refractivity contribution >= 4 is 11.5 Å². The van der Waals surface area contributed by atoms with E-state index < -0.39 is 11.6 Å². The number of hydrogen-bond acceptors (Lipinski definition) is 5. The minimum absolute atomic E-state index is 0.273. The molecule has 1 aliphatic rings. The van der Waals surface area contributed by atoms with E-state index >= 15 is 0 Å². The Kier molecular flexibility index (Phi) is 4.60. The molecule has 0 amide bonds. The van der Waals surface area contributed by atoms with Crippen LogP contribution in [0.4, 0.5) is 14.6 Å². The van der Waals surface area contributed by atoms with E-state index in [1.165, 1.54) is 12.1 Å². The fraction of sp³-hybridized carbons (Fsp3) is 0.167. The highest BCUT2D eigenvalue weighted by Gasteiger charge is 2.30. The summed E-state index contributed by atoms with van der Waals surface area (Å²) in [5.41, 5.74) is 3.68. The monoisotopic (exact) mass is 443 g/mol. The Labute approximate surface area is 188 Å². The van der Waals surface area contributed by atoms with Crippen molar-refractivity contribution in [2.75, 3.05) is 11.4 Å². The van der Waals surface area contributed by atoms with Crippen LogP contribution in [0, 0.1) is 11.6 Å². The molecule has 5 heterocycles. The van der Waals surface area contributed by atoms with Crippen LogP contribution in [0.15, 0.2) is 73.6 Å². The second-order valence-electron chi connectivity index (χ2n) is 8.01. The van der Waals surface area contributed by atoms with Gasteiger partial charge in [0.25, 0.3) is 0 Å². The Hall–Kier alpha value is -4.14. The normalized spacial score (nSPS) is 16.1. The van der Waals surface area contributed by atoms with E-state index in [1.54, 1.807) is 34.0 Å². The Balaban J connectivity index is 1.38. The summed E-state index contributed by atoms with van der Waals surface area (Å²) in [6, 6.07) is 9.04. The molecule has 0 saturated carbocycles. The fourth-order valence-corrected chi connectivity index (χ4v) is 4.45. The topological polar surface area (TPSA) is 64.1 Å². The van der Waals surface area contributed by atoms with Crippen molar-refractivity contribution in [3.05, 3.63) is 90.8 Å². The zero-order valence-electron chi connectivity index (χ0n) is 17.5. The largest absolute Gasteiger partial charge is 0.349 e. The molecule has 1 saturated heterocycles. The molecule has 33 heavy (non-hydrogen) atoms. The minimum Gasteiger partial charge on any atom is -0.349 e. The lowest BCUT2D eigenvalue weighted by atomic mass is 10.0. The number of fused-ring (bicyclic) bond motifs is 1. The Bertz CT molecular complexity index is 1440. The summed E-state index contributed by atoms with van der Waals surface area (Å²) in [6.07, 6.45) is 12.3. The maximum absolute atomic E-state index is 14.5. The Morgan fingerprint density at radius 3 is 2.70 bits per heavy atom. The predicted molar refractivity (Wildman–Crippen MR) is 119 cm³/mol. The first kappa shape index (κ1) is 19.5. The molecule has 0 spiro atoms. The second-order valence-corrected chi connectivity index (χ2v) is 8.01. The third kappa shape index (κ3) is 3.42. The van der Waals surface area contributed by atoms with Crippen LogP contribution in [0.1, 0.15) is 24.4 Å². The zero-order valence-corrected chi connectivity index (χ0v) is 17.5. The van der Waals surface area contributed by atoms with Crippen molar-refractivity contribution in [1.29, 1.82) is 0 Å². The first-order valence-corrected chi connectivity index (χ1v) is 10.7. The summed E-state index contributed by atoms with van der Waals surface area (Å²) >= 11 is 0. The van der Waals surface area contributed by atoms with Crippen molar-refractivity contribution in [3.63, 3.8) is 0 Å². The van der Waals surface area contributed by atoms with E-state index in [0.29, 0.717) is 23.6 Å². The van der Waals surface area contributed by atoms with Gasteiger partial charge in [-0.15, -0.1) is 0 Å². The molecule has 6 rings (SSSR count). The molecule has 164 valence electrons. The lowest BCUT2D eigenvalue weighted by Crippen LogP contribution is -2.24. The molecule has 4 aromatic heterocycles. The van der Waals surface area contributed by atoms with Crippen molar-refractivity contribution in [2.45, 2.75) is 18.9 Å². The molecule has 0 radical (unpaired) electrons. The molecule has 0 aliphatic carbocycles. The van der Waals surface area contributed by atoms with Crippen molar-refractivity contribution in [2.24, 2.45) is 0 Å². The van der Waals surface area contributed by atoms with Gasteiger partial charge in [-0.1, -0.05) is 0 Å². The molecular weight excluding hydrogens is 424 g/mol. The molecule has 1 atom stereocenters. The van der Waals surface area contributed by atoms with Gasteiger partial charge in [-0.25, -0.2) is 23.0 Å². The zero-order chi connectivity index (χ0) is 22.4. The van der Waals surface area contributed by atoms with E-state index in [2.05, 4.69) is 15.2 Å². The van der Waals surface area contributed by atoms with Crippen LogP contribution in [-0.4, -0.2) is 35.9 Å². The highest BCUT2D eigenvalue weighted by atomic mass is 19.1. The van der Waals surface area contributed by atoms with E-state index in [9.17, 15) is 8.78 Å². The van der Waals surface area contributed by atoms with Crippen LogP contribution < -0.4 is 4.90 Å². The van der Waals surface area contributed by atoms with E-state index in [4.69, 9.17) is 4.98 Å². The summed E-state index contributed by atoms with van der Waals surface area (Å²) in [5, 5.41) is 8.90. The van der Waals surface area contributed by atoms with Crippen LogP contribution in [0.25, 0.3) is 22.5 Å². The van der Waals surface area contributed by atoms with Crippen molar-refractivity contribution in [1.82, 2.24) is 29.4 Å². The second kappa shape index (κ2) is 7.77.